The quantitative estimate of drug-likeness (QED) is 0.593. The molecule has 0 aliphatic rings. The van der Waals surface area contributed by atoms with Crippen molar-refractivity contribution < 1.29 is 4.42 Å². The highest BCUT2D eigenvalue weighted by Gasteiger charge is 2.15. The van der Waals surface area contributed by atoms with E-state index in [0.717, 1.165) is 28.3 Å². The Bertz CT molecular complexity index is 1060. The van der Waals surface area contributed by atoms with Crippen LogP contribution in [0.2, 0.25) is 0 Å². The monoisotopic (exact) mass is 294 g/mol. The first-order valence-corrected chi connectivity index (χ1v) is 6.97. The molecule has 4 rings (SSSR count). The van der Waals surface area contributed by atoms with Gasteiger partial charge in [-0.3, -0.25) is 9.38 Å². The summed E-state index contributed by atoms with van der Waals surface area (Å²) in [5.74, 6) is -0.461. The number of aromatic amines is 1. The van der Waals surface area contributed by atoms with Gasteiger partial charge >= 0.3 is 5.76 Å². The van der Waals surface area contributed by atoms with Gasteiger partial charge in [-0.15, -0.1) is 0 Å². The Morgan fingerprint density at radius 1 is 1.32 bits per heavy atom. The number of nitrogens with two attached hydrogens (primary N) is 1. The molecule has 3 heterocycles. The lowest BCUT2D eigenvalue weighted by Gasteiger charge is -2.05. The zero-order chi connectivity index (χ0) is 15.3. The minimum atomic E-state index is -0.461. The summed E-state index contributed by atoms with van der Waals surface area (Å²) in [6, 6.07) is 11.5. The maximum absolute atomic E-state index is 11.3. The highest BCUT2D eigenvalue weighted by Crippen LogP contribution is 2.27. The second-order valence-electron chi connectivity index (χ2n) is 5.20. The number of hydrogen-bond acceptors (Lipinski definition) is 4. The van der Waals surface area contributed by atoms with Gasteiger partial charge in [0.05, 0.1) is 16.9 Å². The number of pyridine rings is 1. The molecule has 0 bridgehead atoms. The lowest BCUT2D eigenvalue weighted by Crippen LogP contribution is -2.04. The second kappa shape index (κ2) is 4.57. The van der Waals surface area contributed by atoms with Crippen LogP contribution in [0.3, 0.4) is 0 Å². The van der Waals surface area contributed by atoms with Crippen molar-refractivity contribution in [3.8, 4) is 11.3 Å². The standard InChI is InChI=1S/C16H14N4O2/c1-9-3-2-4-14-19-15(12(8-17)20(9)14)10-5-6-11-13(7-10)22-16(21)18-11/h2-7H,8,17H2,1H3,(H,18,21). The number of hydrogen-bond donors (Lipinski definition) is 2. The molecule has 1 aromatic carbocycles. The molecule has 0 saturated carbocycles. The molecule has 0 fully saturated rings. The first-order chi connectivity index (χ1) is 10.7. The third-order valence-electron chi connectivity index (χ3n) is 3.82. The maximum Gasteiger partial charge on any atom is 0.417 e. The minimum absolute atomic E-state index is 0.372. The van der Waals surface area contributed by atoms with E-state index in [-0.39, 0.29) is 0 Å². The molecule has 3 N–H and O–H groups in total. The zero-order valence-corrected chi connectivity index (χ0v) is 12.0. The van der Waals surface area contributed by atoms with Crippen LogP contribution < -0.4 is 11.5 Å². The van der Waals surface area contributed by atoms with Crippen LogP contribution in [-0.2, 0) is 6.54 Å². The van der Waals surface area contributed by atoms with Crippen LogP contribution in [0.1, 0.15) is 11.4 Å². The van der Waals surface area contributed by atoms with Crippen molar-refractivity contribution >= 4 is 16.7 Å². The highest BCUT2D eigenvalue weighted by atomic mass is 16.4. The topological polar surface area (TPSA) is 89.3 Å². The summed E-state index contributed by atoms with van der Waals surface area (Å²) >= 11 is 0. The SMILES string of the molecule is Cc1cccc2nc(-c3ccc4[nH]c(=O)oc4c3)c(CN)n12. The van der Waals surface area contributed by atoms with E-state index in [4.69, 9.17) is 10.2 Å². The maximum atomic E-state index is 11.3. The Balaban J connectivity index is 2.02. The van der Waals surface area contributed by atoms with Crippen LogP contribution in [0.5, 0.6) is 0 Å². The summed E-state index contributed by atoms with van der Waals surface area (Å²) < 4.78 is 7.17. The first kappa shape index (κ1) is 12.8. The molecule has 0 saturated heterocycles. The fourth-order valence-electron chi connectivity index (χ4n) is 2.84. The van der Waals surface area contributed by atoms with E-state index in [9.17, 15) is 4.79 Å². The summed E-state index contributed by atoms with van der Waals surface area (Å²) in [5, 5.41) is 0. The van der Waals surface area contributed by atoms with Gasteiger partial charge in [-0.1, -0.05) is 12.1 Å². The summed E-state index contributed by atoms with van der Waals surface area (Å²) in [4.78, 5) is 18.6. The number of fused-ring (bicyclic) bond motifs is 2. The Morgan fingerprint density at radius 2 is 2.18 bits per heavy atom. The molecule has 0 aliphatic carbocycles. The van der Waals surface area contributed by atoms with Gasteiger partial charge in [0.1, 0.15) is 5.65 Å². The number of aryl methyl sites for hydroxylation is 1. The summed E-state index contributed by atoms with van der Waals surface area (Å²) in [6.45, 7) is 2.39. The van der Waals surface area contributed by atoms with Crippen LogP contribution >= 0.6 is 0 Å². The van der Waals surface area contributed by atoms with Gasteiger partial charge in [0.25, 0.3) is 0 Å². The molecule has 4 aromatic rings. The van der Waals surface area contributed by atoms with Crippen LogP contribution in [0, 0.1) is 6.92 Å². The molecule has 110 valence electrons. The van der Waals surface area contributed by atoms with Gasteiger partial charge in [-0.25, -0.2) is 9.78 Å². The predicted octanol–water partition coefficient (Wildman–Crippen LogP) is 2.20. The molecule has 6 nitrogen and oxygen atoms in total. The molecule has 0 spiro atoms. The average Bonchev–Trinajstić information content (AvgIpc) is 3.06. The van der Waals surface area contributed by atoms with E-state index < -0.39 is 5.76 Å². The molecule has 0 aliphatic heterocycles. The van der Waals surface area contributed by atoms with Crippen LogP contribution in [-0.4, -0.2) is 14.4 Å². The molecular weight excluding hydrogens is 280 g/mol. The number of H-pyrrole nitrogens is 1. The minimum Gasteiger partial charge on any atom is -0.408 e. The summed E-state index contributed by atoms with van der Waals surface area (Å²) in [6.07, 6.45) is 0. The fraction of sp³-hybridized carbons (Fsp3) is 0.125. The van der Waals surface area contributed by atoms with Crippen molar-refractivity contribution in [3.05, 3.63) is 58.3 Å². The van der Waals surface area contributed by atoms with E-state index in [1.54, 1.807) is 0 Å². The third-order valence-corrected chi connectivity index (χ3v) is 3.82. The van der Waals surface area contributed by atoms with Crippen molar-refractivity contribution in [1.29, 1.82) is 0 Å². The molecule has 6 heteroatoms. The molecule has 0 unspecified atom stereocenters. The van der Waals surface area contributed by atoms with Gasteiger partial charge in [-0.05, 0) is 31.2 Å². The number of nitrogens with one attached hydrogen (secondary N) is 1. The number of benzene rings is 1. The summed E-state index contributed by atoms with van der Waals surface area (Å²) in [7, 11) is 0. The van der Waals surface area contributed by atoms with Gasteiger partial charge < -0.3 is 10.2 Å². The van der Waals surface area contributed by atoms with E-state index in [1.165, 1.54) is 0 Å². The predicted molar refractivity (Wildman–Crippen MR) is 83.6 cm³/mol. The van der Waals surface area contributed by atoms with E-state index in [2.05, 4.69) is 9.97 Å². The molecule has 0 atom stereocenters. The van der Waals surface area contributed by atoms with Gasteiger partial charge in [0, 0.05) is 17.8 Å². The lowest BCUT2D eigenvalue weighted by atomic mass is 10.1. The van der Waals surface area contributed by atoms with E-state index >= 15 is 0 Å². The second-order valence-corrected chi connectivity index (χ2v) is 5.20. The van der Waals surface area contributed by atoms with Gasteiger partial charge in [0.2, 0.25) is 0 Å². The number of aromatic nitrogens is 3. The average molecular weight is 294 g/mol. The Hall–Kier alpha value is -2.86. The first-order valence-electron chi connectivity index (χ1n) is 6.97. The van der Waals surface area contributed by atoms with Crippen LogP contribution in [0.15, 0.2) is 45.6 Å². The number of rotatable bonds is 2. The van der Waals surface area contributed by atoms with Gasteiger partial charge in [-0.2, -0.15) is 0 Å². The van der Waals surface area contributed by atoms with Crippen molar-refractivity contribution in [2.45, 2.75) is 13.5 Å². The molecule has 0 amide bonds. The van der Waals surface area contributed by atoms with Crippen molar-refractivity contribution in [2.24, 2.45) is 5.73 Å². The van der Waals surface area contributed by atoms with E-state index in [1.807, 2.05) is 47.7 Å². The Kier molecular flexibility index (Phi) is 2.67. The molecule has 3 aromatic heterocycles. The van der Waals surface area contributed by atoms with Crippen molar-refractivity contribution in [1.82, 2.24) is 14.4 Å². The Labute approximate surface area is 125 Å². The zero-order valence-electron chi connectivity index (χ0n) is 12.0. The smallest absolute Gasteiger partial charge is 0.408 e. The number of oxazole rings is 1. The van der Waals surface area contributed by atoms with Gasteiger partial charge in [0.15, 0.2) is 5.58 Å². The number of imidazole rings is 1. The lowest BCUT2D eigenvalue weighted by molar-refractivity contribution is 0.555. The van der Waals surface area contributed by atoms with Crippen LogP contribution in [0.25, 0.3) is 28.0 Å². The summed E-state index contributed by atoms with van der Waals surface area (Å²) in [5.41, 5.74) is 11.7. The number of nitrogens with zero attached hydrogens (tertiary/aromatic N) is 2. The van der Waals surface area contributed by atoms with Crippen LogP contribution in [0.4, 0.5) is 0 Å². The normalized spacial score (nSPS) is 11.5. The molecule has 0 radical (unpaired) electrons. The third kappa shape index (κ3) is 1.78. The largest absolute Gasteiger partial charge is 0.417 e. The molecule has 22 heavy (non-hydrogen) atoms. The van der Waals surface area contributed by atoms with Crippen molar-refractivity contribution in [3.63, 3.8) is 0 Å². The fourth-order valence-corrected chi connectivity index (χ4v) is 2.84. The van der Waals surface area contributed by atoms with Crippen molar-refractivity contribution in [2.75, 3.05) is 0 Å². The Morgan fingerprint density at radius 3 is 3.00 bits per heavy atom. The molecular formula is C16H14N4O2. The van der Waals surface area contributed by atoms with E-state index in [0.29, 0.717) is 17.6 Å². The highest BCUT2D eigenvalue weighted by molar-refractivity contribution is 5.80.